The summed E-state index contributed by atoms with van der Waals surface area (Å²) in [4.78, 5) is 28.3. The highest BCUT2D eigenvalue weighted by Crippen LogP contribution is 2.33. The van der Waals surface area contributed by atoms with Crippen LogP contribution in [0.2, 0.25) is 0 Å². The van der Waals surface area contributed by atoms with E-state index in [2.05, 4.69) is 5.32 Å². The van der Waals surface area contributed by atoms with Gasteiger partial charge in [-0.1, -0.05) is 66.9 Å². The van der Waals surface area contributed by atoms with E-state index in [1.807, 2.05) is 25.1 Å². The van der Waals surface area contributed by atoms with E-state index >= 15 is 0 Å². The molecule has 224 valence electrons. The Hall–Kier alpha value is -3.86. The van der Waals surface area contributed by atoms with Gasteiger partial charge in [-0.3, -0.25) is 13.9 Å². The fraction of sp³-hybridized carbons (Fsp3) is 0.355. The molecule has 0 radical (unpaired) electrons. The number of anilines is 1. The van der Waals surface area contributed by atoms with E-state index in [0.717, 1.165) is 48.9 Å². The van der Waals surface area contributed by atoms with Crippen molar-refractivity contribution in [2.75, 3.05) is 10.8 Å². The normalized spacial score (nSPS) is 14.8. The van der Waals surface area contributed by atoms with Gasteiger partial charge in [-0.2, -0.15) is 13.2 Å². The van der Waals surface area contributed by atoms with Crippen LogP contribution in [0, 0.1) is 6.92 Å². The Morgan fingerprint density at radius 1 is 0.952 bits per heavy atom. The van der Waals surface area contributed by atoms with Crippen molar-refractivity contribution in [3.8, 4) is 0 Å². The zero-order chi connectivity index (χ0) is 30.5. The fourth-order valence-electron chi connectivity index (χ4n) is 5.07. The summed E-state index contributed by atoms with van der Waals surface area (Å²) in [6, 6.07) is 17.4. The van der Waals surface area contributed by atoms with Gasteiger partial charge >= 0.3 is 6.18 Å². The molecule has 1 N–H and O–H groups in total. The number of aryl methyl sites for hydroxylation is 1. The molecule has 0 saturated heterocycles. The van der Waals surface area contributed by atoms with Crippen molar-refractivity contribution >= 4 is 27.5 Å². The second-order valence-electron chi connectivity index (χ2n) is 10.5. The van der Waals surface area contributed by atoms with Gasteiger partial charge in [-0.25, -0.2) is 8.42 Å². The molecule has 1 saturated carbocycles. The van der Waals surface area contributed by atoms with Crippen molar-refractivity contribution < 1.29 is 31.2 Å². The molecule has 0 aliphatic heterocycles. The lowest BCUT2D eigenvalue weighted by molar-refractivity contribution is -0.139. The summed E-state index contributed by atoms with van der Waals surface area (Å²) in [5, 5.41) is 2.99. The van der Waals surface area contributed by atoms with E-state index in [-0.39, 0.29) is 29.1 Å². The molecular formula is C31H34F3N3O4S. The minimum Gasteiger partial charge on any atom is -0.352 e. The third-order valence-corrected chi connectivity index (χ3v) is 9.16. The van der Waals surface area contributed by atoms with Crippen molar-refractivity contribution in [1.29, 1.82) is 0 Å². The lowest BCUT2D eigenvalue weighted by Crippen LogP contribution is -2.52. The van der Waals surface area contributed by atoms with Gasteiger partial charge in [0.1, 0.15) is 12.6 Å². The molecule has 7 nitrogen and oxygen atoms in total. The van der Waals surface area contributed by atoms with Crippen LogP contribution in [0.15, 0.2) is 83.8 Å². The number of rotatable bonds is 10. The first-order valence-corrected chi connectivity index (χ1v) is 15.2. The number of amides is 2. The standard InChI is InChI=1S/C31H34F3N3O4S/c1-22-10-8-11-24(18-22)20-36(23(2)30(39)35-26-13-6-7-14-26)29(38)21-37(42(40,41)28-16-4-3-5-17-28)27-15-9-12-25(19-27)31(32,33)34/h3-5,8-12,15-19,23,26H,6-7,13-14,20-21H2,1-2H3,(H,35,39). The number of halogens is 3. The molecule has 0 bridgehead atoms. The molecule has 0 heterocycles. The minimum absolute atomic E-state index is 0.00157. The average Bonchev–Trinajstić information content (AvgIpc) is 3.47. The number of alkyl halides is 3. The van der Waals surface area contributed by atoms with Crippen LogP contribution < -0.4 is 9.62 Å². The Labute approximate surface area is 244 Å². The summed E-state index contributed by atoms with van der Waals surface area (Å²) in [7, 11) is -4.47. The molecule has 4 rings (SSSR count). The summed E-state index contributed by atoms with van der Waals surface area (Å²) in [5.41, 5.74) is 0.280. The number of benzene rings is 3. The molecule has 42 heavy (non-hydrogen) atoms. The topological polar surface area (TPSA) is 86.8 Å². The van der Waals surface area contributed by atoms with Crippen molar-refractivity contribution in [1.82, 2.24) is 10.2 Å². The number of carbonyl (C=O) groups excluding carboxylic acids is 2. The molecular weight excluding hydrogens is 567 g/mol. The summed E-state index contributed by atoms with van der Waals surface area (Å²) in [6.45, 7) is 2.64. The van der Waals surface area contributed by atoms with Gasteiger partial charge in [0, 0.05) is 12.6 Å². The van der Waals surface area contributed by atoms with Gasteiger partial charge in [0.05, 0.1) is 16.1 Å². The van der Waals surface area contributed by atoms with Crippen molar-refractivity contribution in [3.05, 3.63) is 95.6 Å². The Bertz CT molecular complexity index is 1510. The van der Waals surface area contributed by atoms with Crippen LogP contribution in [-0.2, 0) is 32.3 Å². The van der Waals surface area contributed by atoms with Crippen LogP contribution in [0.25, 0.3) is 0 Å². The lowest BCUT2D eigenvalue weighted by Gasteiger charge is -2.32. The van der Waals surface area contributed by atoms with E-state index in [4.69, 9.17) is 0 Å². The summed E-state index contributed by atoms with van der Waals surface area (Å²) < 4.78 is 69.0. The van der Waals surface area contributed by atoms with E-state index in [0.29, 0.717) is 10.4 Å². The molecule has 0 aromatic heterocycles. The van der Waals surface area contributed by atoms with Crippen LogP contribution in [0.4, 0.5) is 18.9 Å². The van der Waals surface area contributed by atoms with Gasteiger partial charge in [0.15, 0.2) is 0 Å². The van der Waals surface area contributed by atoms with Crippen molar-refractivity contribution in [2.24, 2.45) is 0 Å². The summed E-state index contributed by atoms with van der Waals surface area (Å²) in [5.74, 6) is -1.11. The SMILES string of the molecule is Cc1cccc(CN(C(=O)CN(c2cccc(C(F)(F)F)c2)S(=O)(=O)c2ccccc2)C(C)C(=O)NC2CCCC2)c1. The average molecular weight is 602 g/mol. The Balaban J connectivity index is 1.72. The van der Waals surface area contributed by atoms with Crippen LogP contribution in [-0.4, -0.2) is 43.8 Å². The quantitative estimate of drug-likeness (QED) is 0.324. The lowest BCUT2D eigenvalue weighted by atomic mass is 10.1. The highest BCUT2D eigenvalue weighted by atomic mass is 32.2. The number of nitrogens with one attached hydrogen (secondary N) is 1. The first-order valence-electron chi connectivity index (χ1n) is 13.8. The molecule has 2 amide bonds. The maximum atomic E-state index is 14.0. The summed E-state index contributed by atoms with van der Waals surface area (Å²) >= 11 is 0. The fourth-order valence-corrected chi connectivity index (χ4v) is 6.49. The van der Waals surface area contributed by atoms with Crippen molar-refractivity contribution in [3.63, 3.8) is 0 Å². The number of hydrogen-bond acceptors (Lipinski definition) is 4. The Kier molecular flexibility index (Phi) is 9.60. The maximum Gasteiger partial charge on any atom is 0.416 e. The predicted octanol–water partition coefficient (Wildman–Crippen LogP) is 5.69. The monoisotopic (exact) mass is 601 g/mol. The molecule has 0 spiro atoms. The van der Waals surface area contributed by atoms with Gasteiger partial charge in [-0.15, -0.1) is 0 Å². The smallest absolute Gasteiger partial charge is 0.352 e. The van der Waals surface area contributed by atoms with Crippen LogP contribution in [0.5, 0.6) is 0 Å². The molecule has 1 aliphatic rings. The van der Waals surface area contributed by atoms with Crippen LogP contribution in [0.3, 0.4) is 0 Å². The maximum absolute atomic E-state index is 14.0. The number of nitrogens with zero attached hydrogens (tertiary/aromatic N) is 2. The molecule has 3 aromatic rings. The van der Waals surface area contributed by atoms with Gasteiger partial charge in [-0.05, 0) is 62.6 Å². The van der Waals surface area contributed by atoms with Gasteiger partial charge in [0.2, 0.25) is 11.8 Å². The van der Waals surface area contributed by atoms with Gasteiger partial charge < -0.3 is 10.2 Å². The molecule has 1 fully saturated rings. The number of carbonyl (C=O) groups is 2. The second-order valence-corrected chi connectivity index (χ2v) is 12.4. The zero-order valence-electron chi connectivity index (χ0n) is 23.5. The summed E-state index contributed by atoms with van der Waals surface area (Å²) in [6.07, 6.45) is -1.07. The third-order valence-electron chi connectivity index (χ3n) is 7.38. The van der Waals surface area contributed by atoms with E-state index in [1.54, 1.807) is 19.1 Å². The van der Waals surface area contributed by atoms with E-state index < -0.39 is 40.3 Å². The predicted molar refractivity (Wildman–Crippen MR) is 154 cm³/mol. The van der Waals surface area contributed by atoms with E-state index in [1.165, 1.54) is 35.2 Å². The Morgan fingerprint density at radius 3 is 2.26 bits per heavy atom. The van der Waals surface area contributed by atoms with Crippen molar-refractivity contribution in [2.45, 2.75) is 69.2 Å². The first kappa shape index (κ1) is 31.1. The highest BCUT2D eigenvalue weighted by molar-refractivity contribution is 7.92. The molecule has 1 atom stereocenters. The largest absolute Gasteiger partial charge is 0.416 e. The molecule has 1 unspecified atom stereocenters. The molecule has 11 heteroatoms. The van der Waals surface area contributed by atoms with Crippen LogP contribution >= 0.6 is 0 Å². The van der Waals surface area contributed by atoms with Crippen LogP contribution in [0.1, 0.15) is 49.3 Å². The highest BCUT2D eigenvalue weighted by Gasteiger charge is 2.35. The third kappa shape index (κ3) is 7.50. The molecule has 1 aliphatic carbocycles. The zero-order valence-corrected chi connectivity index (χ0v) is 24.3. The minimum atomic E-state index is -4.73. The number of hydrogen-bond donors (Lipinski definition) is 1. The van der Waals surface area contributed by atoms with E-state index in [9.17, 15) is 31.2 Å². The number of sulfonamides is 1. The molecule has 3 aromatic carbocycles. The van der Waals surface area contributed by atoms with Gasteiger partial charge in [0.25, 0.3) is 10.0 Å². The second kappa shape index (κ2) is 13.0. The first-order chi connectivity index (χ1) is 19.9. The Morgan fingerprint density at radius 2 is 1.62 bits per heavy atom.